The molecule has 0 aromatic heterocycles. The highest BCUT2D eigenvalue weighted by molar-refractivity contribution is 6.00. The van der Waals surface area contributed by atoms with E-state index in [1.165, 1.54) is 24.8 Å². The van der Waals surface area contributed by atoms with Gasteiger partial charge in [0.25, 0.3) is 0 Å². The molecule has 188 valence electrons. The van der Waals surface area contributed by atoms with E-state index in [0.717, 1.165) is 43.7 Å². The largest absolute Gasteiger partial charge is 0.444 e. The molecule has 1 N–H and O–H groups in total. The minimum atomic E-state index is -0.392. The number of carbonyl (C=O) groups is 3. The zero-order valence-corrected chi connectivity index (χ0v) is 21.4. The van der Waals surface area contributed by atoms with E-state index in [9.17, 15) is 14.4 Å². The summed E-state index contributed by atoms with van der Waals surface area (Å²) in [6.07, 6.45) is 4.91. The molecule has 0 spiro atoms. The Balaban J connectivity index is 0.000000196. The van der Waals surface area contributed by atoms with Crippen molar-refractivity contribution in [2.75, 3.05) is 26.2 Å². The van der Waals surface area contributed by atoms with E-state index in [0.29, 0.717) is 12.8 Å². The lowest BCUT2D eigenvalue weighted by Crippen LogP contribution is -2.55. The molecule has 1 aliphatic carbocycles. The van der Waals surface area contributed by atoms with Gasteiger partial charge in [0, 0.05) is 38.6 Å². The summed E-state index contributed by atoms with van der Waals surface area (Å²) < 4.78 is 5.42. The number of amides is 3. The van der Waals surface area contributed by atoms with Crippen LogP contribution in [-0.4, -0.2) is 65.5 Å². The lowest BCUT2D eigenvalue weighted by atomic mass is 9.77. The number of rotatable bonds is 3. The number of hydrogen-bond donors (Lipinski definition) is 1. The molecule has 2 heterocycles. The SMILES string of the molecule is CCC1CC(N2CCN(C(=O)OC(C)(C)C)CC2)C1.Cc1ccc(C2CCC(=O)NC2=O)cc1. The van der Waals surface area contributed by atoms with Crippen LogP contribution in [0.5, 0.6) is 0 Å². The van der Waals surface area contributed by atoms with E-state index in [-0.39, 0.29) is 23.8 Å². The molecule has 7 nitrogen and oxygen atoms in total. The van der Waals surface area contributed by atoms with Crippen LogP contribution in [-0.2, 0) is 14.3 Å². The first-order valence-corrected chi connectivity index (χ1v) is 12.7. The first kappa shape index (κ1) is 26.2. The average molecular weight is 472 g/mol. The van der Waals surface area contributed by atoms with Gasteiger partial charge in [-0.1, -0.05) is 43.2 Å². The fourth-order valence-electron chi connectivity index (χ4n) is 4.74. The van der Waals surface area contributed by atoms with E-state index in [2.05, 4.69) is 17.1 Å². The zero-order chi connectivity index (χ0) is 24.9. The van der Waals surface area contributed by atoms with Gasteiger partial charge in [0.1, 0.15) is 5.60 Å². The maximum atomic E-state index is 12.0. The zero-order valence-electron chi connectivity index (χ0n) is 21.4. The molecule has 1 atom stereocenters. The Bertz CT molecular complexity index is 848. The molecule has 0 bridgehead atoms. The Morgan fingerprint density at radius 3 is 2.21 bits per heavy atom. The highest BCUT2D eigenvalue weighted by Gasteiger charge is 2.35. The first-order valence-electron chi connectivity index (χ1n) is 12.7. The summed E-state index contributed by atoms with van der Waals surface area (Å²) in [6.45, 7) is 13.7. The Morgan fingerprint density at radius 2 is 1.68 bits per heavy atom. The second kappa shape index (κ2) is 11.3. The van der Waals surface area contributed by atoms with Gasteiger partial charge >= 0.3 is 6.09 Å². The van der Waals surface area contributed by atoms with Crippen molar-refractivity contribution >= 4 is 17.9 Å². The summed E-state index contributed by atoms with van der Waals surface area (Å²) in [7, 11) is 0. The molecule has 2 aliphatic heterocycles. The van der Waals surface area contributed by atoms with Crippen LogP contribution < -0.4 is 5.32 Å². The molecule has 34 heavy (non-hydrogen) atoms. The van der Waals surface area contributed by atoms with Gasteiger partial charge in [0.15, 0.2) is 0 Å². The fraction of sp³-hybridized carbons (Fsp3) is 0.667. The quantitative estimate of drug-likeness (QED) is 0.667. The van der Waals surface area contributed by atoms with Crippen molar-refractivity contribution in [1.82, 2.24) is 15.1 Å². The molecule has 1 unspecified atom stereocenters. The van der Waals surface area contributed by atoms with E-state index in [4.69, 9.17) is 4.74 Å². The molecule has 1 aromatic carbocycles. The molecular weight excluding hydrogens is 430 g/mol. The monoisotopic (exact) mass is 471 g/mol. The molecule has 1 saturated carbocycles. The van der Waals surface area contributed by atoms with Gasteiger partial charge in [-0.05, 0) is 58.4 Å². The van der Waals surface area contributed by atoms with Crippen LogP contribution in [0.2, 0.25) is 0 Å². The second-order valence-corrected chi connectivity index (χ2v) is 10.8. The molecule has 3 fully saturated rings. The summed E-state index contributed by atoms with van der Waals surface area (Å²) in [5, 5.41) is 2.36. The summed E-state index contributed by atoms with van der Waals surface area (Å²) >= 11 is 0. The summed E-state index contributed by atoms with van der Waals surface area (Å²) in [6, 6.07) is 8.65. The van der Waals surface area contributed by atoms with Gasteiger partial charge in [-0.3, -0.25) is 19.8 Å². The standard InChI is InChI=1S/C15H28N2O2.C12H13NO2/c1-5-12-10-13(11-12)16-6-8-17(9-7-16)14(18)19-15(2,3)4;1-8-2-4-9(5-3-8)10-6-7-11(14)13-12(10)15/h12-13H,5-11H2,1-4H3;2-5,10H,6-7H2,1H3,(H,13,14,15). The highest BCUT2D eigenvalue weighted by Crippen LogP contribution is 2.34. The molecule has 0 radical (unpaired) electrons. The van der Waals surface area contributed by atoms with Crippen molar-refractivity contribution in [1.29, 1.82) is 0 Å². The van der Waals surface area contributed by atoms with Crippen LogP contribution in [0, 0.1) is 12.8 Å². The van der Waals surface area contributed by atoms with Crippen LogP contribution >= 0.6 is 0 Å². The van der Waals surface area contributed by atoms with Gasteiger partial charge < -0.3 is 9.64 Å². The predicted octanol–water partition coefficient (Wildman–Crippen LogP) is 4.24. The lowest BCUT2D eigenvalue weighted by molar-refractivity contribution is -0.134. The van der Waals surface area contributed by atoms with Crippen molar-refractivity contribution in [2.24, 2.45) is 5.92 Å². The number of piperidine rings is 1. The lowest BCUT2D eigenvalue weighted by Gasteiger charge is -2.46. The Hall–Kier alpha value is -2.41. The van der Waals surface area contributed by atoms with E-state index in [1.54, 1.807) is 0 Å². The van der Waals surface area contributed by atoms with Crippen molar-refractivity contribution in [3.8, 4) is 0 Å². The van der Waals surface area contributed by atoms with E-state index >= 15 is 0 Å². The summed E-state index contributed by atoms with van der Waals surface area (Å²) in [5.41, 5.74) is 1.77. The van der Waals surface area contributed by atoms with Crippen LogP contribution in [0.1, 0.15) is 76.8 Å². The average Bonchev–Trinajstić information content (AvgIpc) is 2.74. The Morgan fingerprint density at radius 1 is 1.06 bits per heavy atom. The van der Waals surface area contributed by atoms with Gasteiger partial charge in [-0.15, -0.1) is 0 Å². The number of nitrogens with zero attached hydrogens (tertiary/aromatic N) is 2. The predicted molar refractivity (Wildman–Crippen MR) is 132 cm³/mol. The third kappa shape index (κ3) is 7.29. The van der Waals surface area contributed by atoms with E-state index < -0.39 is 5.60 Å². The van der Waals surface area contributed by atoms with Gasteiger partial charge in [-0.25, -0.2) is 4.79 Å². The number of imide groups is 1. The third-order valence-corrected chi connectivity index (χ3v) is 6.99. The van der Waals surface area contributed by atoms with Crippen molar-refractivity contribution in [3.05, 3.63) is 35.4 Å². The minimum Gasteiger partial charge on any atom is -0.444 e. The molecular formula is C27H41N3O4. The Kier molecular flexibility index (Phi) is 8.74. The highest BCUT2D eigenvalue weighted by atomic mass is 16.6. The summed E-state index contributed by atoms with van der Waals surface area (Å²) in [4.78, 5) is 38.9. The number of piperazine rings is 1. The number of benzene rings is 1. The van der Waals surface area contributed by atoms with Crippen molar-refractivity contribution < 1.29 is 19.1 Å². The number of aryl methyl sites for hydroxylation is 1. The third-order valence-electron chi connectivity index (χ3n) is 6.99. The number of hydrogen-bond acceptors (Lipinski definition) is 5. The molecule has 2 saturated heterocycles. The maximum Gasteiger partial charge on any atom is 0.410 e. The first-order chi connectivity index (χ1) is 16.1. The van der Waals surface area contributed by atoms with Crippen LogP contribution in [0.15, 0.2) is 24.3 Å². The molecule has 4 rings (SSSR count). The maximum absolute atomic E-state index is 12.0. The molecule has 3 amide bonds. The fourth-order valence-corrected chi connectivity index (χ4v) is 4.74. The second-order valence-electron chi connectivity index (χ2n) is 10.8. The summed E-state index contributed by atoms with van der Waals surface area (Å²) in [5.74, 6) is 0.440. The number of nitrogens with one attached hydrogen (secondary N) is 1. The van der Waals surface area contributed by atoms with Gasteiger partial charge in [0.2, 0.25) is 11.8 Å². The molecule has 1 aromatic rings. The van der Waals surface area contributed by atoms with Crippen LogP contribution in [0.4, 0.5) is 4.79 Å². The molecule has 3 aliphatic rings. The molecule has 7 heteroatoms. The van der Waals surface area contributed by atoms with Crippen LogP contribution in [0.3, 0.4) is 0 Å². The topological polar surface area (TPSA) is 79.0 Å². The van der Waals surface area contributed by atoms with Crippen LogP contribution in [0.25, 0.3) is 0 Å². The smallest absolute Gasteiger partial charge is 0.410 e. The van der Waals surface area contributed by atoms with Gasteiger partial charge in [0.05, 0.1) is 5.92 Å². The van der Waals surface area contributed by atoms with Crippen molar-refractivity contribution in [2.45, 2.75) is 84.3 Å². The van der Waals surface area contributed by atoms with Crippen molar-refractivity contribution in [3.63, 3.8) is 0 Å². The number of ether oxygens (including phenoxy) is 1. The van der Waals surface area contributed by atoms with Gasteiger partial charge in [-0.2, -0.15) is 0 Å². The minimum absolute atomic E-state index is 0.160. The Labute approximate surface area is 204 Å². The van der Waals surface area contributed by atoms with E-state index in [1.807, 2.05) is 56.9 Å². The number of carbonyl (C=O) groups excluding carboxylic acids is 3. The normalized spacial score (nSPS) is 25.6.